The number of benzene rings is 5. The maximum atomic E-state index is 13.6. The maximum absolute atomic E-state index is 13.6. The molecule has 5 N–H and O–H groups in total. The van der Waals surface area contributed by atoms with Crippen LogP contribution >= 0.6 is 0 Å². The fraction of sp³-hybridized carbons (Fsp3) is 0.233. The van der Waals surface area contributed by atoms with E-state index in [-0.39, 0.29) is 74.1 Å². The molecule has 1 aromatic heterocycles. The van der Waals surface area contributed by atoms with Gasteiger partial charge in [0.25, 0.3) is 26.0 Å². The van der Waals surface area contributed by atoms with Crippen LogP contribution in [0.2, 0.25) is 0 Å². The third kappa shape index (κ3) is 13.1. The van der Waals surface area contributed by atoms with E-state index < -0.39 is 41.1 Å². The summed E-state index contributed by atoms with van der Waals surface area (Å²) in [5.74, 6) is -0.217. The Morgan fingerprint density at radius 2 is 1.23 bits per heavy atom. The molecule has 0 saturated heterocycles. The Kier molecular flexibility index (Phi) is 16.8. The first-order valence-corrected chi connectivity index (χ1v) is 24.4. The molecule has 0 unspecified atom stereocenters. The fourth-order valence-corrected chi connectivity index (χ4v) is 9.62. The average molecular weight is 940 g/mol. The number of rotatable bonds is 20. The molecule has 6 aromatic rings. The minimum absolute atomic E-state index is 0. The zero-order chi connectivity index (χ0) is 45.3. The summed E-state index contributed by atoms with van der Waals surface area (Å²) in [5.41, 5.74) is 7.50. The minimum Gasteiger partial charge on any atom is -0.744 e. The zero-order valence-corrected chi connectivity index (χ0v) is 40.0. The van der Waals surface area contributed by atoms with E-state index in [1.54, 1.807) is 12.1 Å². The standard InChI is InChI=1S/C43H48N8O9S3.Na/c1-3-5-25-51(26-6-4-2,30-32-11-8-7-9-12-32)31-42(52)45-37-13-10-14-39(28-37)62(56,57)49-36-19-21-38(22-20-36)61(54,55)48-35-17-15-34(16-18-35)46-47-43(53)50-41-24-23-40(63(58,59)60)27-33(41)29-44-50;/h7-24,27-29,46,48-49H,3-6,25-26,30-31H2,1-2H3,(H2-,45,47,52,53,58,59,60);/q;+1. The fourth-order valence-electron chi connectivity index (χ4n) is 6.95. The van der Waals surface area contributed by atoms with Crippen LogP contribution in [0, 0.1) is 0 Å². The van der Waals surface area contributed by atoms with Crippen molar-refractivity contribution in [3.8, 4) is 0 Å². The van der Waals surface area contributed by atoms with Gasteiger partial charge in [0.05, 0.1) is 45.2 Å². The summed E-state index contributed by atoms with van der Waals surface area (Å²) in [7, 11) is -13.0. The summed E-state index contributed by atoms with van der Waals surface area (Å²) in [6.07, 6.45) is 5.15. The number of fused-ring (bicyclic) bond motifs is 1. The first-order valence-electron chi connectivity index (χ1n) is 20.0. The van der Waals surface area contributed by atoms with Crippen LogP contribution in [0.25, 0.3) is 10.9 Å². The summed E-state index contributed by atoms with van der Waals surface area (Å²) in [4.78, 5) is 25.7. The third-order valence-corrected chi connectivity index (χ3v) is 13.7. The van der Waals surface area contributed by atoms with E-state index in [9.17, 15) is 39.4 Å². The number of hydrogen-bond donors (Lipinski definition) is 5. The van der Waals surface area contributed by atoms with Gasteiger partial charge in [0, 0.05) is 28.0 Å². The van der Waals surface area contributed by atoms with Crippen molar-refractivity contribution >= 4 is 75.8 Å². The minimum atomic E-state index is -4.69. The molecule has 1 heterocycles. The van der Waals surface area contributed by atoms with Gasteiger partial charge in [0.2, 0.25) is 0 Å². The monoisotopic (exact) mass is 939 g/mol. The summed E-state index contributed by atoms with van der Waals surface area (Å²) in [6.45, 7) is 6.87. The number of hydrogen-bond acceptors (Lipinski definition) is 11. The molecule has 21 heteroatoms. The van der Waals surface area contributed by atoms with Crippen LogP contribution < -0.4 is 55.2 Å². The molecule has 0 spiro atoms. The normalized spacial score (nSPS) is 11.9. The Morgan fingerprint density at radius 1 is 0.656 bits per heavy atom. The van der Waals surface area contributed by atoms with Crippen LogP contribution in [0.15, 0.2) is 142 Å². The van der Waals surface area contributed by atoms with Gasteiger partial charge < -0.3 is 14.4 Å². The molecule has 0 aliphatic rings. The maximum Gasteiger partial charge on any atom is 1.00 e. The number of carbonyl (C=O) groups is 2. The second-order valence-corrected chi connectivity index (χ2v) is 19.7. The molecule has 6 rings (SSSR count). The molecule has 64 heavy (non-hydrogen) atoms. The molecule has 0 saturated carbocycles. The average Bonchev–Trinajstić information content (AvgIpc) is 3.68. The van der Waals surface area contributed by atoms with Crippen molar-refractivity contribution in [3.63, 3.8) is 0 Å². The predicted molar refractivity (Wildman–Crippen MR) is 240 cm³/mol. The van der Waals surface area contributed by atoms with E-state index in [0.29, 0.717) is 22.4 Å². The second-order valence-electron chi connectivity index (χ2n) is 15.0. The van der Waals surface area contributed by atoms with Gasteiger partial charge in [-0.1, -0.05) is 63.1 Å². The van der Waals surface area contributed by atoms with Crippen molar-refractivity contribution in [2.45, 2.75) is 60.8 Å². The molecule has 0 radical (unpaired) electrons. The SMILES string of the molecule is CCCC[N+](CCCC)(CC(=O)Nc1cccc(S(=O)(=O)Nc2ccc(S(=O)(=O)Nc3ccc(NNC(=O)n4ncc5cc(S(=O)(=O)[O-])ccc54)cc3)cc2)c1)Cc1ccccc1.[Na+]. The number of nitrogens with one attached hydrogen (secondary N) is 5. The van der Waals surface area contributed by atoms with Crippen molar-refractivity contribution in [3.05, 3.63) is 133 Å². The Hall–Kier alpha value is -5.32. The number of anilines is 4. The van der Waals surface area contributed by atoms with Crippen molar-refractivity contribution in [2.75, 3.05) is 39.8 Å². The molecule has 0 aliphatic heterocycles. The number of unbranched alkanes of at least 4 members (excludes halogenated alkanes) is 2. The van der Waals surface area contributed by atoms with Gasteiger partial charge in [-0.25, -0.2) is 35.5 Å². The topological polar surface area (TPSA) is 238 Å². The summed E-state index contributed by atoms with van der Waals surface area (Å²) in [5, 5.41) is 7.12. The predicted octanol–water partition coefficient (Wildman–Crippen LogP) is 3.69. The Morgan fingerprint density at radius 3 is 1.84 bits per heavy atom. The number of quaternary nitrogens is 1. The van der Waals surface area contributed by atoms with Crippen molar-refractivity contribution in [1.82, 2.24) is 15.2 Å². The van der Waals surface area contributed by atoms with Crippen molar-refractivity contribution < 1.29 is 73.4 Å². The first kappa shape index (κ1) is 49.7. The molecule has 0 atom stereocenters. The van der Waals surface area contributed by atoms with Crippen molar-refractivity contribution in [2.24, 2.45) is 0 Å². The Labute approximate surface area is 395 Å². The molecule has 0 fully saturated rings. The van der Waals surface area contributed by atoms with Crippen LogP contribution in [0.1, 0.15) is 45.1 Å². The zero-order valence-electron chi connectivity index (χ0n) is 35.5. The third-order valence-electron chi connectivity index (χ3n) is 10.1. The molecule has 0 aliphatic carbocycles. The van der Waals surface area contributed by atoms with Crippen LogP contribution in [-0.4, -0.2) is 75.6 Å². The molecule has 17 nitrogen and oxygen atoms in total. The van der Waals surface area contributed by atoms with Gasteiger partial charge in [-0.05, 0) is 97.8 Å². The van der Waals surface area contributed by atoms with E-state index >= 15 is 0 Å². The second kappa shape index (κ2) is 21.6. The van der Waals surface area contributed by atoms with Gasteiger partial charge in [-0.15, -0.1) is 0 Å². The number of carbonyl (C=O) groups excluding carboxylic acids is 2. The molecule has 332 valence electrons. The Bertz CT molecular complexity index is 2890. The van der Waals surface area contributed by atoms with Crippen LogP contribution in [-0.2, 0) is 41.5 Å². The van der Waals surface area contributed by atoms with Gasteiger partial charge in [0.15, 0.2) is 6.54 Å². The van der Waals surface area contributed by atoms with E-state index in [4.69, 9.17) is 0 Å². The van der Waals surface area contributed by atoms with Gasteiger partial charge in [-0.3, -0.25) is 19.7 Å². The number of nitrogens with zero attached hydrogens (tertiary/aromatic N) is 3. The van der Waals surface area contributed by atoms with Crippen LogP contribution in [0.4, 0.5) is 27.5 Å². The van der Waals surface area contributed by atoms with Gasteiger partial charge in [0.1, 0.15) is 16.7 Å². The summed E-state index contributed by atoms with van der Waals surface area (Å²) in [6, 6.07) is 29.8. The largest absolute Gasteiger partial charge is 1.00 e. The molecular formula is C43H48N8NaO9S3+. The molecule has 5 aromatic carbocycles. The van der Waals surface area contributed by atoms with Crippen LogP contribution in [0.5, 0.6) is 0 Å². The van der Waals surface area contributed by atoms with E-state index in [0.717, 1.165) is 61.2 Å². The number of sulfonamides is 2. The number of amides is 2. The molecule has 2 amide bonds. The number of aromatic nitrogens is 2. The van der Waals surface area contributed by atoms with E-state index in [2.05, 4.69) is 56.7 Å². The summed E-state index contributed by atoms with van der Waals surface area (Å²) < 4.78 is 93.8. The summed E-state index contributed by atoms with van der Waals surface area (Å²) >= 11 is 0. The Balaban J connectivity index is 0.00000771. The molecule has 0 bridgehead atoms. The smallest absolute Gasteiger partial charge is 0.744 e. The quantitative estimate of drug-likeness (QED) is 0.0320. The first-order chi connectivity index (χ1) is 30.0. The van der Waals surface area contributed by atoms with Gasteiger partial charge in [-0.2, -0.15) is 9.78 Å². The van der Waals surface area contributed by atoms with Crippen molar-refractivity contribution in [1.29, 1.82) is 0 Å². The van der Waals surface area contributed by atoms with Gasteiger partial charge >= 0.3 is 35.6 Å². The van der Waals surface area contributed by atoms with Crippen LogP contribution in [0.3, 0.4) is 0 Å². The number of hydrazine groups is 1. The van der Waals surface area contributed by atoms with E-state index in [1.807, 2.05) is 18.2 Å². The molecular weight excluding hydrogens is 892 g/mol. The van der Waals surface area contributed by atoms with E-state index in [1.165, 1.54) is 72.9 Å².